The standard InChI is InChI=1S/C11H10BrF3N2O/c1-18-10-3-2-7(12)4-8(10)9(5-16)17-6-11(13,14)15/h2-4,9,17H,6H2,1H3. The molecule has 0 heterocycles. The minimum atomic E-state index is -4.37. The van der Waals surface area contributed by atoms with E-state index in [9.17, 15) is 13.2 Å². The van der Waals surface area contributed by atoms with Gasteiger partial charge in [0.15, 0.2) is 0 Å². The lowest BCUT2D eigenvalue weighted by molar-refractivity contribution is -0.125. The first-order chi connectivity index (χ1) is 8.37. The maximum atomic E-state index is 12.1. The summed E-state index contributed by atoms with van der Waals surface area (Å²) in [5.41, 5.74) is 0.360. The molecule has 1 rings (SSSR count). The van der Waals surface area contributed by atoms with Crippen molar-refractivity contribution in [1.29, 1.82) is 5.26 Å². The van der Waals surface area contributed by atoms with Gasteiger partial charge in [-0.05, 0) is 18.2 Å². The van der Waals surface area contributed by atoms with E-state index in [0.717, 1.165) is 0 Å². The first-order valence-electron chi connectivity index (χ1n) is 4.90. The van der Waals surface area contributed by atoms with Gasteiger partial charge in [0.2, 0.25) is 0 Å². The van der Waals surface area contributed by atoms with Crippen molar-refractivity contribution < 1.29 is 17.9 Å². The van der Waals surface area contributed by atoms with E-state index in [1.165, 1.54) is 7.11 Å². The number of benzene rings is 1. The lowest BCUT2D eigenvalue weighted by atomic mass is 10.1. The summed E-state index contributed by atoms with van der Waals surface area (Å²) >= 11 is 3.20. The van der Waals surface area contributed by atoms with Gasteiger partial charge >= 0.3 is 6.18 Å². The molecule has 7 heteroatoms. The molecule has 0 aliphatic carbocycles. The van der Waals surface area contributed by atoms with Crippen LogP contribution in [-0.4, -0.2) is 19.8 Å². The Bertz CT molecular complexity index is 457. The van der Waals surface area contributed by atoms with Crippen LogP contribution in [0.15, 0.2) is 22.7 Å². The molecule has 1 aromatic carbocycles. The third kappa shape index (κ3) is 4.20. The maximum Gasteiger partial charge on any atom is 0.401 e. The molecule has 0 saturated carbocycles. The maximum absolute atomic E-state index is 12.1. The average Bonchev–Trinajstić information content (AvgIpc) is 2.28. The minimum Gasteiger partial charge on any atom is -0.496 e. The van der Waals surface area contributed by atoms with E-state index in [2.05, 4.69) is 21.2 Å². The zero-order chi connectivity index (χ0) is 13.8. The molecule has 1 unspecified atom stereocenters. The van der Waals surface area contributed by atoms with E-state index in [-0.39, 0.29) is 0 Å². The molecule has 1 atom stereocenters. The first-order valence-corrected chi connectivity index (χ1v) is 5.70. The van der Waals surface area contributed by atoms with Crippen LogP contribution in [0.4, 0.5) is 13.2 Å². The van der Waals surface area contributed by atoms with Gasteiger partial charge in [0.25, 0.3) is 0 Å². The van der Waals surface area contributed by atoms with Crippen molar-refractivity contribution in [2.75, 3.05) is 13.7 Å². The van der Waals surface area contributed by atoms with Crippen LogP contribution in [0.2, 0.25) is 0 Å². The highest BCUT2D eigenvalue weighted by molar-refractivity contribution is 9.10. The Morgan fingerprint density at radius 2 is 2.17 bits per heavy atom. The van der Waals surface area contributed by atoms with Crippen LogP contribution in [-0.2, 0) is 0 Å². The zero-order valence-corrected chi connectivity index (χ0v) is 11.0. The van der Waals surface area contributed by atoms with Crippen LogP contribution in [0.1, 0.15) is 11.6 Å². The van der Waals surface area contributed by atoms with Gasteiger partial charge in [0, 0.05) is 10.0 Å². The monoisotopic (exact) mass is 322 g/mol. The van der Waals surface area contributed by atoms with Crippen molar-refractivity contribution in [3.05, 3.63) is 28.2 Å². The Morgan fingerprint density at radius 3 is 2.67 bits per heavy atom. The normalized spacial score (nSPS) is 12.9. The highest BCUT2D eigenvalue weighted by Crippen LogP contribution is 2.28. The van der Waals surface area contributed by atoms with Crippen LogP contribution < -0.4 is 10.1 Å². The van der Waals surface area contributed by atoms with E-state index in [1.54, 1.807) is 24.3 Å². The van der Waals surface area contributed by atoms with Crippen molar-refractivity contribution in [2.24, 2.45) is 0 Å². The summed E-state index contributed by atoms with van der Waals surface area (Å²) < 4.78 is 42.0. The van der Waals surface area contributed by atoms with Crippen molar-refractivity contribution in [3.63, 3.8) is 0 Å². The van der Waals surface area contributed by atoms with Crippen molar-refractivity contribution in [1.82, 2.24) is 5.32 Å². The van der Waals surface area contributed by atoms with Gasteiger partial charge in [0.1, 0.15) is 11.8 Å². The number of nitrogens with zero attached hydrogens (tertiary/aromatic N) is 1. The third-order valence-corrected chi connectivity index (χ3v) is 2.63. The molecule has 1 aromatic rings. The fraction of sp³-hybridized carbons (Fsp3) is 0.364. The smallest absolute Gasteiger partial charge is 0.401 e. The minimum absolute atomic E-state index is 0.360. The van der Waals surface area contributed by atoms with Crippen LogP contribution >= 0.6 is 15.9 Å². The summed E-state index contributed by atoms with van der Waals surface area (Å²) in [6.45, 7) is -1.24. The molecule has 98 valence electrons. The average molecular weight is 323 g/mol. The molecule has 3 nitrogen and oxygen atoms in total. The van der Waals surface area contributed by atoms with Crippen LogP contribution in [0.25, 0.3) is 0 Å². The number of hydrogen-bond donors (Lipinski definition) is 1. The number of nitriles is 1. The Balaban J connectivity index is 2.95. The van der Waals surface area contributed by atoms with Gasteiger partial charge in [-0.25, -0.2) is 0 Å². The van der Waals surface area contributed by atoms with Gasteiger partial charge in [-0.15, -0.1) is 0 Å². The van der Waals surface area contributed by atoms with Crippen molar-refractivity contribution >= 4 is 15.9 Å². The molecule has 18 heavy (non-hydrogen) atoms. The van der Waals surface area contributed by atoms with E-state index in [1.807, 2.05) is 0 Å². The number of ether oxygens (including phenoxy) is 1. The molecular formula is C11H10BrF3N2O. The molecule has 0 fully saturated rings. The number of alkyl halides is 3. The summed E-state index contributed by atoms with van der Waals surface area (Å²) in [5.74, 6) is 0.361. The lowest BCUT2D eigenvalue weighted by Crippen LogP contribution is -2.31. The summed E-state index contributed by atoms with van der Waals surface area (Å²) in [6.07, 6.45) is -4.37. The molecule has 0 aliphatic heterocycles. The van der Waals surface area contributed by atoms with E-state index < -0.39 is 18.8 Å². The molecule has 0 spiro atoms. The van der Waals surface area contributed by atoms with Gasteiger partial charge in [-0.2, -0.15) is 18.4 Å². The highest BCUT2D eigenvalue weighted by Gasteiger charge is 2.29. The highest BCUT2D eigenvalue weighted by atomic mass is 79.9. The second kappa shape index (κ2) is 6.07. The number of nitrogens with one attached hydrogen (secondary N) is 1. The molecule has 0 aromatic heterocycles. The van der Waals surface area contributed by atoms with Crippen molar-refractivity contribution in [2.45, 2.75) is 12.2 Å². The van der Waals surface area contributed by atoms with E-state index in [0.29, 0.717) is 15.8 Å². The number of halogens is 4. The largest absolute Gasteiger partial charge is 0.496 e. The molecule has 0 aliphatic rings. The Labute approximate surface area is 111 Å². The van der Waals surface area contributed by atoms with Gasteiger partial charge in [-0.3, -0.25) is 5.32 Å². The fourth-order valence-electron chi connectivity index (χ4n) is 1.37. The second-order valence-corrected chi connectivity index (χ2v) is 4.36. The van der Waals surface area contributed by atoms with Crippen molar-refractivity contribution in [3.8, 4) is 11.8 Å². The predicted octanol–water partition coefficient (Wildman–Crippen LogP) is 3.17. The number of methoxy groups -OCH3 is 1. The van der Waals surface area contributed by atoms with E-state index >= 15 is 0 Å². The molecular weight excluding hydrogens is 313 g/mol. The molecule has 0 saturated heterocycles. The van der Waals surface area contributed by atoms with Gasteiger partial charge in [0.05, 0.1) is 19.7 Å². The Hall–Kier alpha value is -1.26. The summed E-state index contributed by atoms with van der Waals surface area (Å²) in [4.78, 5) is 0. The molecule has 1 N–H and O–H groups in total. The molecule has 0 amide bonds. The Kier molecular flexibility index (Phi) is 4.99. The number of rotatable bonds is 4. The van der Waals surface area contributed by atoms with E-state index in [4.69, 9.17) is 10.00 Å². The number of hydrogen-bond acceptors (Lipinski definition) is 3. The second-order valence-electron chi connectivity index (χ2n) is 3.44. The van der Waals surface area contributed by atoms with Crippen LogP contribution in [0, 0.1) is 11.3 Å². The van der Waals surface area contributed by atoms with Gasteiger partial charge < -0.3 is 4.74 Å². The summed E-state index contributed by atoms with van der Waals surface area (Å²) in [6, 6.07) is 5.51. The summed E-state index contributed by atoms with van der Waals surface area (Å²) in [5, 5.41) is 11.1. The summed E-state index contributed by atoms with van der Waals surface area (Å²) in [7, 11) is 1.39. The molecule has 0 radical (unpaired) electrons. The van der Waals surface area contributed by atoms with Gasteiger partial charge in [-0.1, -0.05) is 15.9 Å². The fourth-order valence-corrected chi connectivity index (χ4v) is 1.75. The predicted molar refractivity (Wildman–Crippen MR) is 63.1 cm³/mol. The van der Waals surface area contributed by atoms with Crippen LogP contribution in [0.3, 0.4) is 0 Å². The topological polar surface area (TPSA) is 45.0 Å². The molecule has 0 bridgehead atoms. The first kappa shape index (κ1) is 14.8. The van der Waals surface area contributed by atoms with Crippen LogP contribution in [0.5, 0.6) is 5.75 Å². The quantitative estimate of drug-likeness (QED) is 0.926. The third-order valence-electron chi connectivity index (χ3n) is 2.14. The lowest BCUT2D eigenvalue weighted by Gasteiger charge is -2.16. The SMILES string of the molecule is COc1ccc(Br)cc1C(C#N)NCC(F)(F)F. The Morgan fingerprint density at radius 1 is 1.50 bits per heavy atom. The zero-order valence-electron chi connectivity index (χ0n) is 9.38.